The number of thiophene rings is 1. The van der Waals surface area contributed by atoms with Crippen LogP contribution < -0.4 is 5.32 Å². The molecule has 0 aliphatic carbocycles. The molecule has 0 bridgehead atoms. The first-order valence-corrected chi connectivity index (χ1v) is 7.92. The third kappa shape index (κ3) is 3.22. The van der Waals surface area contributed by atoms with Crippen LogP contribution in [0.5, 0.6) is 0 Å². The maximum Gasteiger partial charge on any atom is 0.0682 e. The lowest BCUT2D eigenvalue weighted by molar-refractivity contribution is 0.604. The Balaban J connectivity index is 2.33. The molecule has 18 heavy (non-hydrogen) atoms. The molecule has 1 aromatic heterocycles. The van der Waals surface area contributed by atoms with E-state index in [0.29, 0.717) is 6.04 Å². The van der Waals surface area contributed by atoms with E-state index in [0.717, 1.165) is 13.0 Å². The minimum absolute atomic E-state index is 0.292. The second-order valence-electron chi connectivity index (χ2n) is 4.43. The van der Waals surface area contributed by atoms with E-state index in [2.05, 4.69) is 70.8 Å². The molecular formula is C15H18BrNS. The lowest BCUT2D eigenvalue weighted by Crippen LogP contribution is -2.22. The highest BCUT2D eigenvalue weighted by molar-refractivity contribution is 9.10. The minimum Gasteiger partial charge on any atom is -0.306 e. The molecule has 96 valence electrons. The molecule has 1 unspecified atom stereocenters. The molecule has 3 heteroatoms. The molecule has 0 aliphatic heterocycles. The molecule has 1 N–H and O–H groups in total. The zero-order valence-corrected chi connectivity index (χ0v) is 13.1. The van der Waals surface area contributed by atoms with E-state index < -0.39 is 0 Å². The van der Waals surface area contributed by atoms with Crippen LogP contribution in [-0.4, -0.2) is 6.54 Å². The fraction of sp³-hybridized carbons (Fsp3) is 0.333. The molecule has 1 heterocycles. The summed E-state index contributed by atoms with van der Waals surface area (Å²) in [6, 6.07) is 11.2. The van der Waals surface area contributed by atoms with Crippen LogP contribution >= 0.6 is 27.3 Å². The van der Waals surface area contributed by atoms with Gasteiger partial charge in [0.25, 0.3) is 0 Å². The predicted molar refractivity (Wildman–Crippen MR) is 83.3 cm³/mol. The quantitative estimate of drug-likeness (QED) is 0.824. The third-order valence-electron chi connectivity index (χ3n) is 2.89. The molecule has 1 aromatic carbocycles. The van der Waals surface area contributed by atoms with Crippen LogP contribution in [0.1, 0.15) is 35.4 Å². The van der Waals surface area contributed by atoms with Gasteiger partial charge in [-0.1, -0.05) is 41.1 Å². The Bertz CT molecular complexity index is 493. The number of hydrogen-bond acceptors (Lipinski definition) is 2. The Hall–Kier alpha value is -0.640. The van der Waals surface area contributed by atoms with Gasteiger partial charge in [0.05, 0.1) is 6.04 Å². The van der Waals surface area contributed by atoms with Crippen molar-refractivity contribution in [1.29, 1.82) is 0 Å². The van der Waals surface area contributed by atoms with Gasteiger partial charge in [-0.3, -0.25) is 0 Å². The maximum absolute atomic E-state index is 3.69. The molecular weight excluding hydrogens is 306 g/mol. The van der Waals surface area contributed by atoms with E-state index in [-0.39, 0.29) is 0 Å². The second kappa shape index (κ2) is 6.50. The molecule has 2 aromatic rings. The number of hydrogen-bond donors (Lipinski definition) is 1. The first-order valence-electron chi connectivity index (χ1n) is 6.25. The molecule has 0 saturated heterocycles. The Morgan fingerprint density at radius 2 is 2.17 bits per heavy atom. The zero-order valence-electron chi connectivity index (χ0n) is 10.7. The summed E-state index contributed by atoms with van der Waals surface area (Å²) in [6.45, 7) is 5.35. The minimum atomic E-state index is 0.292. The van der Waals surface area contributed by atoms with E-state index in [1.165, 1.54) is 20.5 Å². The summed E-state index contributed by atoms with van der Waals surface area (Å²) >= 11 is 5.50. The Morgan fingerprint density at radius 1 is 1.33 bits per heavy atom. The van der Waals surface area contributed by atoms with Crippen LogP contribution in [0.3, 0.4) is 0 Å². The summed E-state index contributed by atoms with van der Waals surface area (Å²) in [5.41, 5.74) is 2.60. The summed E-state index contributed by atoms with van der Waals surface area (Å²) in [6.07, 6.45) is 1.14. The van der Waals surface area contributed by atoms with Crippen molar-refractivity contribution in [1.82, 2.24) is 5.32 Å². The van der Waals surface area contributed by atoms with Crippen molar-refractivity contribution >= 4 is 27.3 Å². The normalized spacial score (nSPS) is 12.6. The first kappa shape index (κ1) is 13.8. The molecule has 0 aliphatic rings. The lowest BCUT2D eigenvalue weighted by atomic mass is 10.0. The average Bonchev–Trinajstić information content (AvgIpc) is 2.85. The van der Waals surface area contributed by atoms with E-state index in [4.69, 9.17) is 0 Å². The van der Waals surface area contributed by atoms with E-state index in [1.54, 1.807) is 11.3 Å². The molecule has 1 nitrogen and oxygen atoms in total. The molecule has 0 saturated carbocycles. The first-order chi connectivity index (χ1) is 8.72. The summed E-state index contributed by atoms with van der Waals surface area (Å²) in [7, 11) is 0. The van der Waals surface area contributed by atoms with E-state index in [9.17, 15) is 0 Å². The van der Waals surface area contributed by atoms with Gasteiger partial charge in [0, 0.05) is 9.35 Å². The lowest BCUT2D eigenvalue weighted by Gasteiger charge is -2.19. The summed E-state index contributed by atoms with van der Waals surface area (Å²) in [5, 5.41) is 5.77. The van der Waals surface area contributed by atoms with Crippen molar-refractivity contribution in [2.45, 2.75) is 26.3 Å². The van der Waals surface area contributed by atoms with Gasteiger partial charge in [-0.05, 0) is 48.5 Å². The molecule has 0 radical (unpaired) electrons. The number of nitrogens with one attached hydrogen (secondary N) is 1. The topological polar surface area (TPSA) is 12.0 Å². The standard InChI is InChI=1S/C15H18BrNS/c1-3-8-17-15(14-5-4-9-18-14)12-7-6-11(2)10-13(12)16/h4-7,9-10,15,17H,3,8H2,1-2H3. The molecule has 2 rings (SSSR count). The maximum atomic E-state index is 3.69. The SMILES string of the molecule is CCCNC(c1cccs1)c1ccc(C)cc1Br. The van der Waals surface area contributed by atoms with E-state index >= 15 is 0 Å². The monoisotopic (exact) mass is 323 g/mol. The van der Waals surface area contributed by atoms with Crippen molar-refractivity contribution in [3.63, 3.8) is 0 Å². The number of halogens is 1. The predicted octanol–water partition coefficient (Wildman–Crippen LogP) is 4.91. The fourth-order valence-corrected chi connectivity index (χ4v) is 3.51. The fourth-order valence-electron chi connectivity index (χ4n) is 1.97. The van der Waals surface area contributed by atoms with Gasteiger partial charge >= 0.3 is 0 Å². The van der Waals surface area contributed by atoms with Crippen molar-refractivity contribution in [2.75, 3.05) is 6.54 Å². The van der Waals surface area contributed by atoms with Crippen LogP contribution in [0, 0.1) is 6.92 Å². The van der Waals surface area contributed by atoms with Crippen LogP contribution in [0.15, 0.2) is 40.2 Å². The van der Waals surface area contributed by atoms with Gasteiger partial charge < -0.3 is 5.32 Å². The molecule has 0 spiro atoms. The van der Waals surface area contributed by atoms with Crippen LogP contribution in [-0.2, 0) is 0 Å². The Morgan fingerprint density at radius 3 is 2.78 bits per heavy atom. The average molecular weight is 324 g/mol. The van der Waals surface area contributed by atoms with Gasteiger partial charge in [0.1, 0.15) is 0 Å². The van der Waals surface area contributed by atoms with Crippen molar-refractivity contribution in [3.05, 3.63) is 56.2 Å². The van der Waals surface area contributed by atoms with Gasteiger partial charge in [-0.2, -0.15) is 0 Å². The number of rotatable bonds is 5. The van der Waals surface area contributed by atoms with Crippen LogP contribution in [0.2, 0.25) is 0 Å². The summed E-state index contributed by atoms with van der Waals surface area (Å²) < 4.78 is 1.18. The Labute approximate surface area is 121 Å². The van der Waals surface area contributed by atoms with Gasteiger partial charge in [-0.25, -0.2) is 0 Å². The van der Waals surface area contributed by atoms with Crippen molar-refractivity contribution < 1.29 is 0 Å². The highest BCUT2D eigenvalue weighted by Crippen LogP contribution is 2.31. The van der Waals surface area contributed by atoms with Crippen LogP contribution in [0.4, 0.5) is 0 Å². The summed E-state index contributed by atoms with van der Waals surface area (Å²) in [5.74, 6) is 0. The molecule has 1 atom stereocenters. The van der Waals surface area contributed by atoms with Crippen LogP contribution in [0.25, 0.3) is 0 Å². The van der Waals surface area contributed by atoms with Gasteiger partial charge in [0.2, 0.25) is 0 Å². The Kier molecular flexibility index (Phi) is 4.98. The van der Waals surface area contributed by atoms with Crippen molar-refractivity contribution in [2.24, 2.45) is 0 Å². The second-order valence-corrected chi connectivity index (χ2v) is 6.26. The number of aryl methyl sites for hydroxylation is 1. The highest BCUT2D eigenvalue weighted by atomic mass is 79.9. The van der Waals surface area contributed by atoms with Crippen molar-refractivity contribution in [3.8, 4) is 0 Å². The number of benzene rings is 1. The molecule has 0 amide bonds. The van der Waals surface area contributed by atoms with Gasteiger partial charge in [0.15, 0.2) is 0 Å². The largest absolute Gasteiger partial charge is 0.306 e. The van der Waals surface area contributed by atoms with Gasteiger partial charge in [-0.15, -0.1) is 11.3 Å². The smallest absolute Gasteiger partial charge is 0.0682 e. The van der Waals surface area contributed by atoms with E-state index in [1.807, 2.05) is 0 Å². The summed E-state index contributed by atoms with van der Waals surface area (Å²) in [4.78, 5) is 1.37. The zero-order chi connectivity index (χ0) is 13.0. The highest BCUT2D eigenvalue weighted by Gasteiger charge is 2.16. The molecule has 0 fully saturated rings. The third-order valence-corrected chi connectivity index (χ3v) is 4.52.